The molecular formula is C23H24N8O. The third-order valence-electron chi connectivity index (χ3n) is 5.67. The van der Waals surface area contributed by atoms with Gasteiger partial charge in [-0.05, 0) is 44.5 Å². The monoisotopic (exact) mass is 428 g/mol. The summed E-state index contributed by atoms with van der Waals surface area (Å²) in [5, 5.41) is 6.28. The van der Waals surface area contributed by atoms with Crippen LogP contribution in [0.1, 0.15) is 47.2 Å². The molecule has 9 heteroatoms. The number of imidazole rings is 1. The number of fused-ring (bicyclic) bond motifs is 1. The van der Waals surface area contributed by atoms with Crippen molar-refractivity contribution in [2.24, 2.45) is 0 Å². The molecule has 4 aromatic rings. The van der Waals surface area contributed by atoms with Crippen molar-refractivity contribution in [3.05, 3.63) is 66.0 Å². The Bertz CT molecular complexity index is 1280. The average Bonchev–Trinajstić information content (AvgIpc) is 3.21. The number of piperidine rings is 1. The molecule has 1 amide bonds. The number of nitrogens with one attached hydrogen (secondary N) is 2. The van der Waals surface area contributed by atoms with Gasteiger partial charge in [0.25, 0.3) is 5.91 Å². The minimum atomic E-state index is -0.273. The van der Waals surface area contributed by atoms with Gasteiger partial charge >= 0.3 is 0 Å². The van der Waals surface area contributed by atoms with Crippen molar-refractivity contribution < 1.29 is 4.79 Å². The molecule has 1 saturated heterocycles. The highest BCUT2D eigenvalue weighted by molar-refractivity contribution is 6.03. The summed E-state index contributed by atoms with van der Waals surface area (Å²) in [6.45, 7) is 2.82. The van der Waals surface area contributed by atoms with Crippen molar-refractivity contribution in [1.82, 2.24) is 29.7 Å². The Morgan fingerprint density at radius 2 is 1.97 bits per heavy atom. The summed E-state index contributed by atoms with van der Waals surface area (Å²) < 4.78 is 2.02. The van der Waals surface area contributed by atoms with Crippen molar-refractivity contribution in [2.45, 2.75) is 32.2 Å². The lowest BCUT2D eigenvalue weighted by molar-refractivity contribution is 0.102. The Morgan fingerprint density at radius 3 is 2.72 bits per heavy atom. The normalized spacial score (nSPS) is 16.2. The maximum absolute atomic E-state index is 12.6. The van der Waals surface area contributed by atoms with E-state index in [1.165, 1.54) is 6.42 Å². The van der Waals surface area contributed by atoms with Crippen LogP contribution in [0.4, 0.5) is 11.8 Å². The SMILES string of the molecule is Cc1ccnc(NC(=O)c2ccc(-c3nc(C4CCCCN4)n4ccnc(N)c34)cc2)n1. The van der Waals surface area contributed by atoms with E-state index < -0.39 is 0 Å². The van der Waals surface area contributed by atoms with E-state index in [-0.39, 0.29) is 17.9 Å². The lowest BCUT2D eigenvalue weighted by atomic mass is 10.0. The minimum absolute atomic E-state index is 0.172. The Morgan fingerprint density at radius 1 is 1.12 bits per heavy atom. The van der Waals surface area contributed by atoms with Gasteiger partial charge in [-0.2, -0.15) is 0 Å². The van der Waals surface area contributed by atoms with Gasteiger partial charge in [-0.15, -0.1) is 0 Å². The highest BCUT2D eigenvalue weighted by atomic mass is 16.1. The summed E-state index contributed by atoms with van der Waals surface area (Å²) in [6.07, 6.45) is 8.58. The van der Waals surface area contributed by atoms with Crippen LogP contribution >= 0.6 is 0 Å². The first kappa shape index (κ1) is 20.1. The first-order chi connectivity index (χ1) is 15.6. The second-order valence-electron chi connectivity index (χ2n) is 7.91. The second kappa shape index (κ2) is 8.35. The van der Waals surface area contributed by atoms with E-state index in [0.717, 1.165) is 47.7 Å². The molecule has 0 spiro atoms. The number of amides is 1. The zero-order valence-corrected chi connectivity index (χ0v) is 17.7. The van der Waals surface area contributed by atoms with Crippen LogP contribution in [0, 0.1) is 6.92 Å². The van der Waals surface area contributed by atoms with E-state index in [4.69, 9.17) is 10.7 Å². The average molecular weight is 429 g/mol. The molecule has 1 unspecified atom stereocenters. The number of hydrogen-bond donors (Lipinski definition) is 3. The van der Waals surface area contributed by atoms with Crippen LogP contribution in [0.5, 0.6) is 0 Å². The van der Waals surface area contributed by atoms with Crippen molar-refractivity contribution >= 4 is 23.2 Å². The van der Waals surface area contributed by atoms with Crippen LogP contribution < -0.4 is 16.4 Å². The van der Waals surface area contributed by atoms with Gasteiger partial charge in [0.15, 0.2) is 0 Å². The molecule has 9 nitrogen and oxygen atoms in total. The quantitative estimate of drug-likeness (QED) is 0.456. The summed E-state index contributed by atoms with van der Waals surface area (Å²) in [5.74, 6) is 1.37. The number of aromatic nitrogens is 5. The van der Waals surface area contributed by atoms with Crippen LogP contribution in [0.3, 0.4) is 0 Å². The van der Waals surface area contributed by atoms with Gasteiger partial charge in [0.1, 0.15) is 22.9 Å². The Hall–Kier alpha value is -3.85. The van der Waals surface area contributed by atoms with E-state index in [9.17, 15) is 4.79 Å². The van der Waals surface area contributed by atoms with Gasteiger partial charge in [-0.1, -0.05) is 18.6 Å². The topological polar surface area (TPSA) is 123 Å². The molecule has 1 aromatic carbocycles. The van der Waals surface area contributed by atoms with E-state index in [2.05, 4.69) is 25.6 Å². The van der Waals surface area contributed by atoms with Crippen molar-refractivity contribution in [1.29, 1.82) is 0 Å². The Balaban J connectivity index is 1.47. The first-order valence-corrected chi connectivity index (χ1v) is 10.7. The van der Waals surface area contributed by atoms with Crippen molar-refractivity contribution in [2.75, 3.05) is 17.6 Å². The first-order valence-electron chi connectivity index (χ1n) is 10.7. The van der Waals surface area contributed by atoms with Gasteiger partial charge in [0.2, 0.25) is 5.95 Å². The molecule has 32 heavy (non-hydrogen) atoms. The van der Waals surface area contributed by atoms with Crippen LogP contribution in [0.2, 0.25) is 0 Å². The molecule has 0 aliphatic carbocycles. The van der Waals surface area contributed by atoms with E-state index in [1.54, 1.807) is 30.6 Å². The minimum Gasteiger partial charge on any atom is -0.382 e. The van der Waals surface area contributed by atoms with Crippen molar-refractivity contribution in [3.8, 4) is 11.3 Å². The molecule has 1 aliphatic heterocycles. The van der Waals surface area contributed by atoms with Crippen molar-refractivity contribution in [3.63, 3.8) is 0 Å². The Kier molecular flexibility index (Phi) is 5.24. The number of nitrogens with two attached hydrogens (primary N) is 1. The maximum Gasteiger partial charge on any atom is 0.258 e. The predicted octanol–water partition coefficient (Wildman–Crippen LogP) is 3.14. The number of benzene rings is 1. The molecule has 4 N–H and O–H groups in total. The smallest absolute Gasteiger partial charge is 0.258 e. The predicted molar refractivity (Wildman–Crippen MR) is 122 cm³/mol. The van der Waals surface area contributed by atoms with E-state index >= 15 is 0 Å². The van der Waals surface area contributed by atoms with E-state index in [0.29, 0.717) is 11.4 Å². The van der Waals surface area contributed by atoms with Gasteiger partial charge in [-0.25, -0.2) is 19.9 Å². The van der Waals surface area contributed by atoms with Gasteiger partial charge in [-0.3, -0.25) is 14.5 Å². The summed E-state index contributed by atoms with van der Waals surface area (Å²) in [4.78, 5) is 30.1. The van der Waals surface area contributed by atoms with Gasteiger partial charge < -0.3 is 11.1 Å². The molecule has 0 bridgehead atoms. The number of anilines is 2. The number of carbonyl (C=O) groups is 1. The Labute approximate surface area is 185 Å². The zero-order valence-electron chi connectivity index (χ0n) is 17.7. The highest BCUT2D eigenvalue weighted by Crippen LogP contribution is 2.32. The summed E-state index contributed by atoms with van der Waals surface area (Å²) in [7, 11) is 0. The summed E-state index contributed by atoms with van der Waals surface area (Å²) >= 11 is 0. The molecule has 3 aromatic heterocycles. The number of carbonyl (C=O) groups excluding carboxylic acids is 1. The number of rotatable bonds is 4. The number of nitrogens with zero attached hydrogens (tertiary/aromatic N) is 5. The molecule has 0 saturated carbocycles. The summed E-state index contributed by atoms with van der Waals surface area (Å²) in [6, 6.07) is 9.22. The third kappa shape index (κ3) is 3.78. The summed E-state index contributed by atoms with van der Waals surface area (Å²) in [5.41, 5.74) is 9.93. The van der Waals surface area contributed by atoms with Crippen LogP contribution in [0.25, 0.3) is 16.8 Å². The standard InChI is InChI=1S/C23H24N8O/c1-14-9-11-27-23(28-14)30-22(32)16-7-5-15(6-8-16)18-19-20(24)26-12-13-31(19)21(29-18)17-4-2-3-10-25-17/h5-9,11-13,17,25H,2-4,10H2,1H3,(H2,24,26)(H,27,28,30,32). The van der Waals surface area contributed by atoms with Gasteiger partial charge in [0, 0.05) is 35.4 Å². The fourth-order valence-electron chi connectivity index (χ4n) is 4.07. The lowest BCUT2D eigenvalue weighted by Crippen LogP contribution is -2.28. The molecule has 1 atom stereocenters. The van der Waals surface area contributed by atoms with E-state index in [1.807, 2.05) is 29.7 Å². The molecule has 4 heterocycles. The number of nitrogen functional groups attached to an aromatic ring is 1. The maximum atomic E-state index is 12.6. The highest BCUT2D eigenvalue weighted by Gasteiger charge is 2.23. The third-order valence-corrected chi connectivity index (χ3v) is 5.67. The molecule has 162 valence electrons. The van der Waals surface area contributed by atoms with Crippen LogP contribution in [0.15, 0.2) is 48.9 Å². The number of aryl methyl sites for hydroxylation is 1. The largest absolute Gasteiger partial charge is 0.382 e. The fourth-order valence-corrected chi connectivity index (χ4v) is 4.07. The zero-order chi connectivity index (χ0) is 22.1. The molecule has 1 aliphatic rings. The molecule has 0 radical (unpaired) electrons. The lowest BCUT2D eigenvalue weighted by Gasteiger charge is -2.22. The number of hydrogen-bond acceptors (Lipinski definition) is 7. The fraction of sp³-hybridized carbons (Fsp3) is 0.261. The second-order valence-corrected chi connectivity index (χ2v) is 7.91. The van der Waals surface area contributed by atoms with Crippen LogP contribution in [-0.2, 0) is 0 Å². The molecule has 1 fully saturated rings. The molecule has 5 rings (SSSR count). The molecular weight excluding hydrogens is 404 g/mol. The van der Waals surface area contributed by atoms with Gasteiger partial charge in [0.05, 0.1) is 6.04 Å². The van der Waals surface area contributed by atoms with Crippen LogP contribution in [-0.4, -0.2) is 36.8 Å².